The van der Waals surface area contributed by atoms with Crippen LogP contribution in [0.3, 0.4) is 0 Å². The van der Waals surface area contributed by atoms with E-state index >= 15 is 0 Å². The molecule has 4 N–H and O–H groups in total. The first-order chi connectivity index (χ1) is 9.33. The molecule has 0 amide bonds. The molecule has 1 aromatic carbocycles. The summed E-state index contributed by atoms with van der Waals surface area (Å²) in [7, 11) is -2.73. The number of aromatic nitrogens is 2. The quantitative estimate of drug-likeness (QED) is 0.736. The summed E-state index contributed by atoms with van der Waals surface area (Å²) in [6, 6.07) is 3.45. The smallest absolute Gasteiger partial charge is 0.263 e. The molecule has 1 aromatic heterocycles. The maximum Gasteiger partial charge on any atom is 0.263 e. The van der Waals surface area contributed by atoms with Gasteiger partial charge >= 0.3 is 0 Å². The standard InChI is InChI=1S/C11H13FN4O3S/c1-6-3-10(15-14-6)16-20(17,18)7-4-8(12)11(19-2)9(13)5-7/h3-5H,13H2,1-2H3,(H2,14,15,16). The summed E-state index contributed by atoms with van der Waals surface area (Å²) in [5.74, 6) is -0.942. The van der Waals surface area contributed by atoms with Gasteiger partial charge < -0.3 is 10.5 Å². The molecule has 0 aliphatic rings. The van der Waals surface area contributed by atoms with Crippen molar-refractivity contribution in [2.45, 2.75) is 11.8 Å². The minimum Gasteiger partial charge on any atom is -0.492 e. The lowest BCUT2D eigenvalue weighted by Crippen LogP contribution is -2.14. The van der Waals surface area contributed by atoms with Gasteiger partial charge in [-0.2, -0.15) is 5.10 Å². The van der Waals surface area contributed by atoms with E-state index in [-0.39, 0.29) is 22.2 Å². The van der Waals surface area contributed by atoms with Gasteiger partial charge in [0.1, 0.15) is 0 Å². The molecule has 0 unspecified atom stereocenters. The summed E-state index contributed by atoms with van der Waals surface area (Å²) in [6.45, 7) is 1.72. The molecular weight excluding hydrogens is 287 g/mol. The van der Waals surface area contributed by atoms with Gasteiger partial charge in [0.25, 0.3) is 10.0 Å². The van der Waals surface area contributed by atoms with Gasteiger partial charge in [0, 0.05) is 11.8 Å². The van der Waals surface area contributed by atoms with Crippen LogP contribution in [-0.4, -0.2) is 25.7 Å². The number of halogens is 1. The first-order valence-corrected chi connectivity index (χ1v) is 6.99. The lowest BCUT2D eigenvalue weighted by molar-refractivity contribution is 0.388. The van der Waals surface area contributed by atoms with Gasteiger partial charge in [-0.3, -0.25) is 9.82 Å². The maximum absolute atomic E-state index is 13.7. The Kier molecular flexibility index (Phi) is 3.53. The summed E-state index contributed by atoms with van der Waals surface area (Å²) in [5.41, 5.74) is 6.13. The number of hydrogen-bond donors (Lipinski definition) is 3. The number of sulfonamides is 1. The molecule has 0 fully saturated rings. The number of ether oxygens (including phenoxy) is 1. The average molecular weight is 300 g/mol. The molecule has 0 bridgehead atoms. The molecule has 0 spiro atoms. The third-order valence-electron chi connectivity index (χ3n) is 2.51. The molecule has 0 saturated carbocycles. The van der Waals surface area contributed by atoms with E-state index < -0.39 is 15.8 Å². The zero-order valence-electron chi connectivity index (χ0n) is 10.8. The Morgan fingerprint density at radius 2 is 2.10 bits per heavy atom. The molecule has 9 heteroatoms. The number of methoxy groups -OCH3 is 1. The third-order valence-corrected chi connectivity index (χ3v) is 3.84. The number of anilines is 2. The monoisotopic (exact) mass is 300 g/mol. The van der Waals surface area contributed by atoms with Crippen LogP contribution in [0.4, 0.5) is 15.9 Å². The number of nitrogens with zero attached hydrogens (tertiary/aromatic N) is 1. The second kappa shape index (κ2) is 5.00. The Balaban J connectivity index is 2.39. The molecule has 7 nitrogen and oxygen atoms in total. The molecule has 0 aliphatic heterocycles. The van der Waals surface area contributed by atoms with Crippen LogP contribution in [0.1, 0.15) is 5.69 Å². The predicted molar refractivity (Wildman–Crippen MR) is 71.5 cm³/mol. The SMILES string of the molecule is COc1c(N)cc(S(=O)(=O)Nc2cc(C)[nH]n2)cc1F. The van der Waals surface area contributed by atoms with Gasteiger partial charge in [-0.25, -0.2) is 12.8 Å². The molecule has 108 valence electrons. The topological polar surface area (TPSA) is 110 Å². The normalized spacial score (nSPS) is 11.3. The van der Waals surface area contributed by atoms with Crippen LogP contribution in [0, 0.1) is 12.7 Å². The van der Waals surface area contributed by atoms with Crippen molar-refractivity contribution in [1.29, 1.82) is 0 Å². The summed E-state index contributed by atoms with van der Waals surface area (Å²) in [6.07, 6.45) is 0. The van der Waals surface area contributed by atoms with E-state index in [9.17, 15) is 12.8 Å². The molecule has 0 radical (unpaired) electrons. The summed E-state index contributed by atoms with van der Waals surface area (Å²) in [4.78, 5) is -0.311. The Morgan fingerprint density at radius 3 is 2.60 bits per heavy atom. The number of benzene rings is 1. The van der Waals surface area contributed by atoms with Crippen molar-refractivity contribution >= 4 is 21.5 Å². The van der Waals surface area contributed by atoms with E-state index in [0.717, 1.165) is 12.1 Å². The van der Waals surface area contributed by atoms with Gasteiger partial charge in [-0.05, 0) is 19.1 Å². The summed E-state index contributed by atoms with van der Waals surface area (Å²) in [5, 5.41) is 6.33. The van der Waals surface area contributed by atoms with Crippen LogP contribution in [0.25, 0.3) is 0 Å². The predicted octanol–water partition coefficient (Wildman–Crippen LogP) is 1.25. The van der Waals surface area contributed by atoms with Crippen LogP contribution in [0.5, 0.6) is 5.75 Å². The van der Waals surface area contributed by atoms with E-state index in [1.54, 1.807) is 6.92 Å². The second-order valence-corrected chi connectivity index (χ2v) is 5.75. The number of rotatable bonds is 4. The van der Waals surface area contributed by atoms with Gasteiger partial charge in [0.05, 0.1) is 17.7 Å². The number of aromatic amines is 1. The van der Waals surface area contributed by atoms with Crippen LogP contribution >= 0.6 is 0 Å². The van der Waals surface area contributed by atoms with Gasteiger partial charge in [0.15, 0.2) is 17.4 Å². The third kappa shape index (κ3) is 2.67. The van der Waals surface area contributed by atoms with E-state index in [0.29, 0.717) is 5.69 Å². The number of nitrogens with one attached hydrogen (secondary N) is 2. The van der Waals surface area contributed by atoms with E-state index in [4.69, 9.17) is 10.5 Å². The van der Waals surface area contributed by atoms with E-state index in [2.05, 4.69) is 14.9 Å². The number of nitrogen functional groups attached to an aromatic ring is 1. The lowest BCUT2D eigenvalue weighted by atomic mass is 10.3. The van der Waals surface area contributed by atoms with Crippen molar-refractivity contribution in [3.63, 3.8) is 0 Å². The molecule has 1 heterocycles. The fraction of sp³-hybridized carbons (Fsp3) is 0.182. The number of aryl methyl sites for hydroxylation is 1. The first-order valence-electron chi connectivity index (χ1n) is 5.51. The number of nitrogens with two attached hydrogens (primary N) is 1. The van der Waals surface area contributed by atoms with Crippen LogP contribution < -0.4 is 15.2 Å². The highest BCUT2D eigenvalue weighted by atomic mass is 32.2. The van der Waals surface area contributed by atoms with Crippen molar-refractivity contribution in [3.8, 4) is 5.75 Å². The fourth-order valence-corrected chi connectivity index (χ4v) is 2.66. The molecule has 0 saturated heterocycles. The second-order valence-electron chi connectivity index (χ2n) is 4.07. The van der Waals surface area contributed by atoms with Crippen molar-refractivity contribution in [2.24, 2.45) is 0 Å². The minimum atomic E-state index is -3.98. The van der Waals surface area contributed by atoms with Crippen LogP contribution in [0.2, 0.25) is 0 Å². The highest BCUT2D eigenvalue weighted by molar-refractivity contribution is 7.92. The van der Waals surface area contributed by atoms with Gasteiger partial charge in [-0.1, -0.05) is 0 Å². The Morgan fingerprint density at radius 1 is 1.40 bits per heavy atom. The first kappa shape index (κ1) is 14.1. The number of H-pyrrole nitrogens is 1. The molecule has 2 aromatic rings. The fourth-order valence-electron chi connectivity index (χ4n) is 1.63. The molecular formula is C11H13FN4O3S. The van der Waals surface area contributed by atoms with Crippen molar-refractivity contribution in [1.82, 2.24) is 10.2 Å². The van der Waals surface area contributed by atoms with Gasteiger partial charge in [-0.15, -0.1) is 0 Å². The van der Waals surface area contributed by atoms with Crippen LogP contribution in [0.15, 0.2) is 23.1 Å². The molecule has 2 rings (SSSR count). The number of hydrogen-bond acceptors (Lipinski definition) is 5. The summed E-state index contributed by atoms with van der Waals surface area (Å²) < 4.78 is 44.8. The highest BCUT2D eigenvalue weighted by Crippen LogP contribution is 2.29. The van der Waals surface area contributed by atoms with Crippen LogP contribution in [-0.2, 0) is 10.0 Å². The molecule has 0 aliphatic carbocycles. The van der Waals surface area contributed by atoms with E-state index in [1.807, 2.05) is 0 Å². The molecule has 0 atom stereocenters. The Bertz CT molecular complexity index is 719. The summed E-state index contributed by atoms with van der Waals surface area (Å²) >= 11 is 0. The van der Waals surface area contributed by atoms with Crippen molar-refractivity contribution in [3.05, 3.63) is 29.7 Å². The Hall–Kier alpha value is -2.29. The van der Waals surface area contributed by atoms with Gasteiger partial charge in [0.2, 0.25) is 0 Å². The average Bonchev–Trinajstić information content (AvgIpc) is 2.73. The largest absolute Gasteiger partial charge is 0.492 e. The highest BCUT2D eigenvalue weighted by Gasteiger charge is 2.20. The lowest BCUT2D eigenvalue weighted by Gasteiger charge is -2.10. The molecule has 20 heavy (non-hydrogen) atoms. The maximum atomic E-state index is 13.7. The Labute approximate surface area is 115 Å². The zero-order valence-corrected chi connectivity index (χ0v) is 11.6. The minimum absolute atomic E-state index is 0.105. The van der Waals surface area contributed by atoms with Crippen molar-refractivity contribution in [2.75, 3.05) is 17.6 Å². The van der Waals surface area contributed by atoms with Crippen molar-refractivity contribution < 1.29 is 17.5 Å². The zero-order chi connectivity index (χ0) is 14.9. The van der Waals surface area contributed by atoms with E-state index in [1.165, 1.54) is 13.2 Å².